The Morgan fingerprint density at radius 3 is 1.87 bits per heavy atom. The van der Waals surface area contributed by atoms with E-state index in [1.54, 1.807) is 19.9 Å². The topological polar surface area (TPSA) is 203 Å². The molecule has 8 aliphatic rings. The van der Waals surface area contributed by atoms with Gasteiger partial charge in [0.15, 0.2) is 18.9 Å². The van der Waals surface area contributed by atoms with Gasteiger partial charge >= 0.3 is 5.97 Å². The molecule has 21 atom stereocenters. The number of hydrogen-bond donors (Lipinski definition) is 6. The first-order chi connectivity index (χ1) is 26.0. The number of aliphatic hydroxyl groups is 6. The van der Waals surface area contributed by atoms with Gasteiger partial charge in [-0.3, -0.25) is 0 Å². The third kappa shape index (κ3) is 6.95. The predicted molar refractivity (Wildman–Crippen MR) is 193 cm³/mol. The Morgan fingerprint density at radius 2 is 1.29 bits per heavy atom. The van der Waals surface area contributed by atoms with Crippen molar-refractivity contribution in [3.05, 3.63) is 11.6 Å². The van der Waals surface area contributed by atoms with Crippen LogP contribution in [0, 0.1) is 34.5 Å². The van der Waals surface area contributed by atoms with Crippen molar-refractivity contribution in [3.63, 3.8) is 0 Å². The molecule has 4 aliphatic heterocycles. The van der Waals surface area contributed by atoms with Crippen LogP contribution in [0.3, 0.4) is 0 Å². The van der Waals surface area contributed by atoms with E-state index in [2.05, 4.69) is 6.92 Å². The summed E-state index contributed by atoms with van der Waals surface area (Å²) in [4.78, 5) is 11.9. The van der Waals surface area contributed by atoms with E-state index in [1.165, 1.54) is 0 Å². The van der Waals surface area contributed by atoms with Crippen LogP contribution in [0.25, 0.3) is 0 Å². The van der Waals surface area contributed by atoms with Crippen molar-refractivity contribution in [2.45, 2.75) is 197 Å². The lowest BCUT2D eigenvalue weighted by atomic mass is 9.42. The van der Waals surface area contributed by atoms with E-state index in [1.807, 2.05) is 13.8 Å². The highest BCUT2D eigenvalue weighted by atomic mass is 16.7. The molecule has 14 nitrogen and oxygen atoms in total. The zero-order valence-corrected chi connectivity index (χ0v) is 32.9. The van der Waals surface area contributed by atoms with Gasteiger partial charge in [-0.1, -0.05) is 13.8 Å². The number of esters is 1. The van der Waals surface area contributed by atoms with Crippen molar-refractivity contribution in [2.24, 2.45) is 34.5 Å². The molecule has 0 bridgehead atoms. The van der Waals surface area contributed by atoms with Gasteiger partial charge in [0.2, 0.25) is 0 Å². The van der Waals surface area contributed by atoms with Gasteiger partial charge in [-0.15, -0.1) is 0 Å². The predicted octanol–water partition coefficient (Wildman–Crippen LogP) is 2.22. The van der Waals surface area contributed by atoms with E-state index in [9.17, 15) is 35.4 Å². The maximum atomic E-state index is 12.6. The van der Waals surface area contributed by atoms with Crippen molar-refractivity contribution >= 4 is 5.97 Å². The number of aliphatic hydroxyl groups excluding tert-OH is 5. The number of rotatable bonds is 7. The van der Waals surface area contributed by atoms with Crippen LogP contribution in [0.4, 0.5) is 0 Å². The molecule has 0 radical (unpaired) electrons. The summed E-state index contributed by atoms with van der Waals surface area (Å²) in [6.07, 6.45) is -1.51. The van der Waals surface area contributed by atoms with Crippen LogP contribution in [-0.4, -0.2) is 135 Å². The Hall–Kier alpha value is -1.27. The number of fused-ring (bicyclic) bond motifs is 5. The van der Waals surface area contributed by atoms with Gasteiger partial charge in [0.25, 0.3) is 0 Å². The highest BCUT2D eigenvalue weighted by Gasteiger charge is 2.71. The van der Waals surface area contributed by atoms with Crippen LogP contribution in [0.15, 0.2) is 11.6 Å². The van der Waals surface area contributed by atoms with E-state index in [4.69, 9.17) is 33.2 Å². The Balaban J connectivity index is 0.837. The molecule has 0 aromatic carbocycles. The normalized spacial score (nSPS) is 55.5. The van der Waals surface area contributed by atoms with Crippen molar-refractivity contribution < 1.29 is 68.6 Å². The van der Waals surface area contributed by atoms with Crippen molar-refractivity contribution in [1.29, 1.82) is 0 Å². The Labute approximate surface area is 323 Å². The van der Waals surface area contributed by atoms with E-state index in [0.29, 0.717) is 18.8 Å². The molecule has 8 rings (SSSR count). The average molecular weight is 781 g/mol. The molecule has 312 valence electrons. The largest absolute Gasteiger partial charge is 0.458 e. The highest BCUT2D eigenvalue weighted by Crippen LogP contribution is 2.70. The monoisotopic (exact) mass is 780 g/mol. The standard InChI is InChI=1S/C41H64O14/c1-19-36(47)28(42)15-34(50-19)54-38-21(3)52-35(17-30(38)44)55-37-20(2)51-33(16-29(37)43)53-24-8-10-39(4)23(13-24)6-7-26-27(39)14-31(45)40(5)25(9-11-41(26,40)48)22-12-32(46)49-18-22/h12,19-21,23-31,33-38,42-45,47-48H,6-11,13-18H2,1-5H3/t19-,20+,21-,23-,24+,25+,26-,27+,28+,29+,30+,31-,33-,34+,35+,36+,37?,38+,39+,40+,41+/m1/s1. The second kappa shape index (κ2) is 15.1. The minimum Gasteiger partial charge on any atom is -0.458 e. The van der Waals surface area contributed by atoms with E-state index >= 15 is 0 Å². The summed E-state index contributed by atoms with van der Waals surface area (Å²) >= 11 is 0. The Morgan fingerprint density at radius 1 is 0.691 bits per heavy atom. The molecule has 0 aromatic rings. The lowest BCUT2D eigenvalue weighted by molar-refractivity contribution is -0.336. The third-order valence-electron chi connectivity index (χ3n) is 16.0. The molecule has 4 aliphatic carbocycles. The van der Waals surface area contributed by atoms with Crippen LogP contribution < -0.4 is 0 Å². The van der Waals surface area contributed by atoms with E-state index in [0.717, 1.165) is 44.1 Å². The Kier molecular flexibility index (Phi) is 11.1. The fourth-order valence-electron chi connectivity index (χ4n) is 12.8. The maximum absolute atomic E-state index is 12.6. The van der Waals surface area contributed by atoms with Crippen LogP contribution in [0.2, 0.25) is 0 Å². The van der Waals surface area contributed by atoms with Gasteiger partial charge in [0, 0.05) is 30.8 Å². The third-order valence-corrected chi connectivity index (χ3v) is 16.0. The minimum absolute atomic E-state index is 0.0452. The molecule has 0 amide bonds. The van der Waals surface area contributed by atoms with Crippen LogP contribution in [0.1, 0.15) is 105 Å². The van der Waals surface area contributed by atoms with Crippen molar-refractivity contribution in [3.8, 4) is 0 Å². The summed E-state index contributed by atoms with van der Waals surface area (Å²) in [5.41, 5.74) is -0.892. The number of cyclic esters (lactones) is 1. The molecular formula is C41H64O14. The van der Waals surface area contributed by atoms with Gasteiger partial charge in [-0.25, -0.2) is 4.79 Å². The summed E-state index contributed by atoms with van der Waals surface area (Å²) in [7, 11) is 0. The number of hydrogen-bond acceptors (Lipinski definition) is 14. The number of carbonyl (C=O) groups is 1. The molecule has 0 aromatic heterocycles. The quantitative estimate of drug-likeness (QED) is 0.162. The first-order valence-electron chi connectivity index (χ1n) is 20.9. The SMILES string of the molecule is C[C@@H]1O[C@H](O[C@H]2CC[C@@]3(C)[C@H](CC[C@@H]4[C@@H]3C[C@@H](O)[C@]3(C)[C@H](C5=CC(=O)OC5)CC[C@]43O)C2)C[C@H](O)C1O[C@H]1C[C@H](O)[C@@H](O[C@H]2C[C@H](O)[C@@H](O)[C@@H](C)O2)[C@@H](C)O1. The molecule has 1 unspecified atom stereocenters. The minimum atomic E-state index is -1.01. The van der Waals surface area contributed by atoms with Crippen molar-refractivity contribution in [1.82, 2.24) is 0 Å². The first-order valence-corrected chi connectivity index (χ1v) is 20.9. The second-order valence-electron chi connectivity index (χ2n) is 18.8. The van der Waals surface area contributed by atoms with Gasteiger partial charge in [-0.05, 0) is 107 Å². The van der Waals surface area contributed by atoms with Crippen LogP contribution in [-0.2, 0) is 38.0 Å². The lowest BCUT2D eigenvalue weighted by Gasteiger charge is -2.65. The van der Waals surface area contributed by atoms with E-state index < -0.39 is 90.9 Å². The number of carbonyl (C=O) groups excluding carboxylic acids is 1. The van der Waals surface area contributed by atoms with Gasteiger partial charge in [0.1, 0.15) is 24.9 Å². The van der Waals surface area contributed by atoms with Gasteiger partial charge in [-0.2, -0.15) is 0 Å². The van der Waals surface area contributed by atoms with Crippen LogP contribution >= 0.6 is 0 Å². The first kappa shape index (κ1) is 40.5. The average Bonchev–Trinajstić information content (AvgIpc) is 3.67. The zero-order valence-electron chi connectivity index (χ0n) is 32.9. The molecule has 55 heavy (non-hydrogen) atoms. The molecule has 0 spiro atoms. The van der Waals surface area contributed by atoms with Crippen LogP contribution in [0.5, 0.6) is 0 Å². The molecular weight excluding hydrogens is 716 g/mol. The zero-order chi connectivity index (χ0) is 39.2. The molecule has 7 fully saturated rings. The fraction of sp³-hybridized carbons (Fsp3) is 0.927. The summed E-state index contributed by atoms with van der Waals surface area (Å²) in [6.45, 7) is 9.90. The second-order valence-corrected chi connectivity index (χ2v) is 18.8. The molecule has 4 saturated carbocycles. The van der Waals surface area contributed by atoms with Crippen molar-refractivity contribution in [2.75, 3.05) is 6.61 Å². The summed E-state index contributed by atoms with van der Waals surface area (Å²) in [6, 6.07) is 0. The summed E-state index contributed by atoms with van der Waals surface area (Å²) in [5.74, 6) is 0.204. The molecule has 4 heterocycles. The molecule has 3 saturated heterocycles. The van der Waals surface area contributed by atoms with Gasteiger partial charge < -0.3 is 63.8 Å². The molecule has 14 heteroatoms. The smallest absolute Gasteiger partial charge is 0.331 e. The summed E-state index contributed by atoms with van der Waals surface area (Å²) < 4.78 is 42.1. The highest BCUT2D eigenvalue weighted by molar-refractivity contribution is 5.85. The van der Waals surface area contributed by atoms with Gasteiger partial charge in [0.05, 0.1) is 54.4 Å². The Bertz CT molecular complexity index is 1410. The maximum Gasteiger partial charge on any atom is 0.331 e. The lowest BCUT2D eigenvalue weighted by Crippen LogP contribution is -2.67. The number of ether oxygens (including phenoxy) is 7. The van der Waals surface area contributed by atoms with E-state index in [-0.39, 0.29) is 61.1 Å². The summed E-state index contributed by atoms with van der Waals surface area (Å²) in [5, 5.41) is 66.9. The fourth-order valence-corrected chi connectivity index (χ4v) is 12.8. The molecule has 6 N–H and O–H groups in total.